The average molecular weight is 567 g/mol. The number of amides is 3. The number of carbonyl (C=O) groups is 3. The number of nitrogens with zero attached hydrogens (tertiary/aromatic N) is 1. The molecule has 36 heavy (non-hydrogen) atoms. The standard InChI is InChI=1S/C27H23BrN2O5S/c1-17-8-6-7-9-19(17)16-35-25-21(28)12-18(13-22(25)34-2)14-23-26(32)30(27(33)36-23)15-24(31)29-20-10-4-3-5-11-20/h3-14H,15-16H2,1-2H3,(H,29,31)/b23-14-. The first-order chi connectivity index (χ1) is 17.4. The van der Waals surface area contributed by atoms with Crippen LogP contribution in [-0.4, -0.2) is 35.6 Å². The molecule has 0 radical (unpaired) electrons. The molecule has 0 unspecified atom stereocenters. The van der Waals surface area contributed by atoms with Gasteiger partial charge in [-0.3, -0.25) is 19.3 Å². The van der Waals surface area contributed by atoms with Crippen molar-refractivity contribution in [1.82, 2.24) is 4.90 Å². The summed E-state index contributed by atoms with van der Waals surface area (Å²) in [7, 11) is 1.53. The van der Waals surface area contributed by atoms with E-state index in [0.29, 0.717) is 33.8 Å². The molecule has 3 aromatic rings. The Morgan fingerprint density at radius 1 is 1.08 bits per heavy atom. The summed E-state index contributed by atoms with van der Waals surface area (Å²) < 4.78 is 12.2. The molecule has 1 saturated heterocycles. The zero-order valence-corrected chi connectivity index (χ0v) is 22.0. The third kappa shape index (κ3) is 5.98. The molecule has 184 valence electrons. The molecule has 1 heterocycles. The van der Waals surface area contributed by atoms with Crippen molar-refractivity contribution in [3.63, 3.8) is 0 Å². The lowest BCUT2D eigenvalue weighted by Crippen LogP contribution is -2.36. The predicted octanol–water partition coefficient (Wildman–Crippen LogP) is 6.02. The van der Waals surface area contributed by atoms with Crippen LogP contribution in [0.1, 0.15) is 16.7 Å². The Morgan fingerprint density at radius 3 is 2.53 bits per heavy atom. The maximum Gasteiger partial charge on any atom is 0.294 e. The van der Waals surface area contributed by atoms with Crippen molar-refractivity contribution in [2.45, 2.75) is 13.5 Å². The molecule has 3 aromatic carbocycles. The van der Waals surface area contributed by atoms with Crippen molar-refractivity contribution in [1.29, 1.82) is 0 Å². The lowest BCUT2D eigenvalue weighted by atomic mass is 10.1. The Kier molecular flexibility index (Phi) is 8.12. The van der Waals surface area contributed by atoms with Crippen LogP contribution in [0.2, 0.25) is 0 Å². The minimum Gasteiger partial charge on any atom is -0.493 e. The number of thioether (sulfide) groups is 1. The van der Waals surface area contributed by atoms with Crippen LogP contribution in [0.15, 0.2) is 76.1 Å². The first-order valence-electron chi connectivity index (χ1n) is 11.0. The molecule has 0 aliphatic carbocycles. The van der Waals surface area contributed by atoms with Crippen molar-refractivity contribution in [3.05, 3.63) is 92.8 Å². The van der Waals surface area contributed by atoms with Gasteiger partial charge in [0.1, 0.15) is 13.2 Å². The highest BCUT2D eigenvalue weighted by Crippen LogP contribution is 2.39. The van der Waals surface area contributed by atoms with Crippen LogP contribution < -0.4 is 14.8 Å². The molecular weight excluding hydrogens is 544 g/mol. The number of hydrogen-bond acceptors (Lipinski definition) is 6. The van der Waals surface area contributed by atoms with Gasteiger partial charge in [-0.05, 0) is 81.6 Å². The monoisotopic (exact) mass is 566 g/mol. The van der Waals surface area contributed by atoms with Gasteiger partial charge < -0.3 is 14.8 Å². The van der Waals surface area contributed by atoms with E-state index in [4.69, 9.17) is 9.47 Å². The topological polar surface area (TPSA) is 84.9 Å². The van der Waals surface area contributed by atoms with Crippen LogP contribution in [0, 0.1) is 6.92 Å². The third-order valence-corrected chi connectivity index (χ3v) is 6.91. The summed E-state index contributed by atoms with van der Waals surface area (Å²) >= 11 is 4.32. The zero-order chi connectivity index (χ0) is 25.7. The summed E-state index contributed by atoms with van der Waals surface area (Å²) in [5.74, 6) is 0.0294. The van der Waals surface area contributed by atoms with E-state index in [2.05, 4.69) is 21.2 Å². The molecule has 1 fully saturated rings. The summed E-state index contributed by atoms with van der Waals surface area (Å²) in [6.45, 7) is 2.02. The van der Waals surface area contributed by atoms with Gasteiger partial charge >= 0.3 is 0 Å². The van der Waals surface area contributed by atoms with Gasteiger partial charge in [-0.25, -0.2) is 0 Å². The smallest absolute Gasteiger partial charge is 0.294 e. The molecule has 4 rings (SSSR count). The normalized spacial score (nSPS) is 14.3. The van der Waals surface area contributed by atoms with E-state index >= 15 is 0 Å². The molecule has 9 heteroatoms. The van der Waals surface area contributed by atoms with Gasteiger partial charge in [0.2, 0.25) is 5.91 Å². The Bertz CT molecular complexity index is 1340. The Morgan fingerprint density at radius 2 is 1.81 bits per heavy atom. The maximum absolute atomic E-state index is 12.9. The van der Waals surface area contributed by atoms with Crippen LogP contribution in [0.5, 0.6) is 11.5 Å². The van der Waals surface area contributed by atoms with E-state index in [1.165, 1.54) is 7.11 Å². The van der Waals surface area contributed by atoms with E-state index < -0.39 is 17.1 Å². The number of hydrogen-bond donors (Lipinski definition) is 1. The second-order valence-electron chi connectivity index (χ2n) is 7.93. The van der Waals surface area contributed by atoms with Gasteiger partial charge in [-0.1, -0.05) is 42.5 Å². The van der Waals surface area contributed by atoms with Crippen molar-refractivity contribution in [2.24, 2.45) is 0 Å². The number of rotatable bonds is 8. The fraction of sp³-hybridized carbons (Fsp3) is 0.148. The quantitative estimate of drug-likeness (QED) is 0.335. The summed E-state index contributed by atoms with van der Waals surface area (Å²) in [4.78, 5) is 38.8. The second kappa shape index (κ2) is 11.5. The third-order valence-electron chi connectivity index (χ3n) is 5.42. The number of imide groups is 1. The van der Waals surface area contributed by atoms with E-state index in [-0.39, 0.29) is 11.4 Å². The molecule has 1 aliphatic rings. The highest BCUT2D eigenvalue weighted by atomic mass is 79.9. The summed E-state index contributed by atoms with van der Waals surface area (Å²) in [5, 5.41) is 2.18. The van der Waals surface area contributed by atoms with Crippen LogP contribution in [-0.2, 0) is 16.2 Å². The average Bonchev–Trinajstić information content (AvgIpc) is 3.11. The number of ether oxygens (including phenoxy) is 2. The fourth-order valence-electron chi connectivity index (χ4n) is 3.54. The maximum atomic E-state index is 12.9. The van der Waals surface area contributed by atoms with Crippen molar-refractivity contribution in [3.8, 4) is 11.5 Å². The minimum atomic E-state index is -0.525. The molecule has 3 amide bonds. The van der Waals surface area contributed by atoms with E-state index in [0.717, 1.165) is 27.8 Å². The fourth-order valence-corrected chi connectivity index (χ4v) is 4.95. The van der Waals surface area contributed by atoms with Crippen molar-refractivity contribution < 1.29 is 23.9 Å². The number of anilines is 1. The van der Waals surface area contributed by atoms with Gasteiger partial charge in [0.25, 0.3) is 11.1 Å². The van der Waals surface area contributed by atoms with Gasteiger partial charge in [0.05, 0.1) is 16.5 Å². The second-order valence-corrected chi connectivity index (χ2v) is 9.78. The van der Waals surface area contributed by atoms with Gasteiger partial charge in [-0.15, -0.1) is 0 Å². The molecule has 1 aliphatic heterocycles. The molecule has 0 atom stereocenters. The zero-order valence-electron chi connectivity index (χ0n) is 19.6. The summed E-state index contributed by atoms with van der Waals surface area (Å²) in [6.07, 6.45) is 1.60. The molecule has 0 spiro atoms. The number of benzene rings is 3. The van der Waals surface area contributed by atoms with Gasteiger partial charge in [0, 0.05) is 5.69 Å². The van der Waals surface area contributed by atoms with Crippen LogP contribution in [0.25, 0.3) is 6.08 Å². The van der Waals surface area contributed by atoms with E-state index in [1.807, 2.05) is 37.3 Å². The van der Waals surface area contributed by atoms with E-state index in [9.17, 15) is 14.4 Å². The molecular formula is C27H23BrN2O5S. The molecule has 0 aromatic heterocycles. The highest BCUT2D eigenvalue weighted by Gasteiger charge is 2.36. The minimum absolute atomic E-state index is 0.218. The first kappa shape index (κ1) is 25.5. The summed E-state index contributed by atoms with van der Waals surface area (Å²) in [6, 6.07) is 20.3. The first-order valence-corrected chi connectivity index (χ1v) is 12.6. The molecule has 0 saturated carbocycles. The van der Waals surface area contributed by atoms with Crippen LogP contribution >= 0.6 is 27.7 Å². The van der Waals surface area contributed by atoms with Crippen molar-refractivity contribution >= 4 is 56.5 Å². The predicted molar refractivity (Wildman–Crippen MR) is 144 cm³/mol. The van der Waals surface area contributed by atoms with Gasteiger partial charge in [0.15, 0.2) is 11.5 Å². The highest BCUT2D eigenvalue weighted by molar-refractivity contribution is 9.10. The molecule has 0 bridgehead atoms. The lowest BCUT2D eigenvalue weighted by Gasteiger charge is -2.15. The number of nitrogens with one attached hydrogen (secondary N) is 1. The Balaban J connectivity index is 1.48. The Hall–Kier alpha value is -3.56. The largest absolute Gasteiger partial charge is 0.493 e. The number of halogens is 1. The van der Waals surface area contributed by atoms with Crippen molar-refractivity contribution in [2.75, 3.05) is 19.0 Å². The number of carbonyl (C=O) groups excluding carboxylic acids is 3. The van der Waals surface area contributed by atoms with E-state index in [1.54, 1.807) is 42.5 Å². The number of aryl methyl sites for hydroxylation is 1. The SMILES string of the molecule is COc1cc(/C=C2\SC(=O)N(CC(=O)Nc3ccccc3)C2=O)cc(Br)c1OCc1ccccc1C. The number of para-hydroxylation sites is 1. The molecule has 7 nitrogen and oxygen atoms in total. The Labute approximate surface area is 221 Å². The lowest BCUT2D eigenvalue weighted by molar-refractivity contribution is -0.127. The number of methoxy groups -OCH3 is 1. The van der Waals surface area contributed by atoms with Crippen LogP contribution in [0.4, 0.5) is 10.5 Å². The summed E-state index contributed by atoms with van der Waals surface area (Å²) in [5.41, 5.74) is 3.41. The van der Waals surface area contributed by atoms with Gasteiger partial charge in [-0.2, -0.15) is 0 Å². The van der Waals surface area contributed by atoms with Crippen LogP contribution in [0.3, 0.4) is 0 Å². The molecule has 1 N–H and O–H groups in total.